The summed E-state index contributed by atoms with van der Waals surface area (Å²) in [5.74, 6) is -1.58. The van der Waals surface area contributed by atoms with Gasteiger partial charge in [0.2, 0.25) is 5.91 Å². The van der Waals surface area contributed by atoms with Gasteiger partial charge in [-0.2, -0.15) is 0 Å². The summed E-state index contributed by atoms with van der Waals surface area (Å²) in [6.07, 6.45) is -0.809. The van der Waals surface area contributed by atoms with Crippen LogP contribution < -0.4 is 0 Å². The number of carbonyl (C=O) groups excluding carboxylic acids is 3. The second kappa shape index (κ2) is 4.35. The lowest BCUT2D eigenvalue weighted by Crippen LogP contribution is -2.66. The zero-order valence-electron chi connectivity index (χ0n) is 10.6. The highest BCUT2D eigenvalue weighted by atomic mass is 16.6. The van der Waals surface area contributed by atoms with Crippen molar-refractivity contribution < 1.29 is 23.9 Å². The molecule has 6 nitrogen and oxygen atoms in total. The molecule has 0 saturated carbocycles. The Morgan fingerprint density at radius 1 is 1.29 bits per heavy atom. The molecule has 1 saturated heterocycles. The standard InChI is InChI=1S/C11H17NO5/c1-6-7(9(14)16-5)12(8(6)13)10(15)17-11(2,3)4/h6-7H,1-5H3/t6-,7-/m0/s1. The van der Waals surface area contributed by atoms with Gasteiger partial charge in [0.15, 0.2) is 6.04 Å². The van der Waals surface area contributed by atoms with Gasteiger partial charge in [-0.1, -0.05) is 6.92 Å². The average Bonchev–Trinajstić information content (AvgIpc) is 2.20. The molecule has 1 aliphatic rings. The molecule has 17 heavy (non-hydrogen) atoms. The molecule has 1 fully saturated rings. The van der Waals surface area contributed by atoms with E-state index in [9.17, 15) is 14.4 Å². The number of methoxy groups -OCH3 is 1. The highest BCUT2D eigenvalue weighted by molar-refractivity contribution is 6.06. The Balaban J connectivity index is 2.79. The minimum atomic E-state index is -0.873. The molecule has 2 atom stereocenters. The van der Waals surface area contributed by atoms with Gasteiger partial charge in [0.25, 0.3) is 0 Å². The first-order valence-corrected chi connectivity index (χ1v) is 5.33. The number of hydrogen-bond acceptors (Lipinski definition) is 5. The van der Waals surface area contributed by atoms with Gasteiger partial charge in [-0.05, 0) is 20.8 Å². The normalized spacial score (nSPS) is 24.1. The summed E-state index contributed by atoms with van der Waals surface area (Å²) in [6, 6.07) is -0.873. The van der Waals surface area contributed by atoms with E-state index >= 15 is 0 Å². The van der Waals surface area contributed by atoms with E-state index in [1.807, 2.05) is 0 Å². The van der Waals surface area contributed by atoms with E-state index in [1.54, 1.807) is 27.7 Å². The van der Waals surface area contributed by atoms with Crippen molar-refractivity contribution in [3.05, 3.63) is 0 Å². The molecule has 1 aliphatic heterocycles. The summed E-state index contributed by atoms with van der Waals surface area (Å²) in [6.45, 7) is 6.63. The number of hydrogen-bond donors (Lipinski definition) is 0. The molecule has 2 amide bonds. The van der Waals surface area contributed by atoms with Crippen molar-refractivity contribution in [3.63, 3.8) is 0 Å². The predicted octanol–water partition coefficient (Wildman–Crippen LogP) is 0.941. The van der Waals surface area contributed by atoms with Crippen molar-refractivity contribution in [2.75, 3.05) is 7.11 Å². The highest BCUT2D eigenvalue weighted by Gasteiger charge is 2.54. The lowest BCUT2D eigenvalue weighted by Gasteiger charge is -2.41. The molecule has 1 rings (SSSR count). The number of imide groups is 1. The van der Waals surface area contributed by atoms with Crippen LogP contribution in [-0.2, 0) is 19.1 Å². The summed E-state index contributed by atoms with van der Waals surface area (Å²) >= 11 is 0. The van der Waals surface area contributed by atoms with Crippen molar-refractivity contribution in [2.24, 2.45) is 5.92 Å². The van der Waals surface area contributed by atoms with Crippen molar-refractivity contribution >= 4 is 18.0 Å². The van der Waals surface area contributed by atoms with Crippen molar-refractivity contribution in [1.29, 1.82) is 0 Å². The Morgan fingerprint density at radius 2 is 1.82 bits per heavy atom. The Labute approximate surface area is 99.9 Å². The molecule has 0 aliphatic carbocycles. The van der Waals surface area contributed by atoms with E-state index in [2.05, 4.69) is 4.74 Å². The van der Waals surface area contributed by atoms with E-state index in [-0.39, 0.29) is 0 Å². The van der Waals surface area contributed by atoms with Crippen LogP contribution >= 0.6 is 0 Å². The third-order valence-electron chi connectivity index (χ3n) is 2.41. The zero-order chi connectivity index (χ0) is 13.4. The molecule has 1 heterocycles. The van der Waals surface area contributed by atoms with Gasteiger partial charge in [0, 0.05) is 0 Å². The van der Waals surface area contributed by atoms with Gasteiger partial charge < -0.3 is 9.47 Å². The summed E-state index contributed by atoms with van der Waals surface area (Å²) < 4.78 is 9.59. The molecule has 96 valence electrons. The van der Waals surface area contributed by atoms with Crippen LogP contribution in [0.25, 0.3) is 0 Å². The van der Waals surface area contributed by atoms with E-state index in [0.717, 1.165) is 4.90 Å². The molecule has 0 aromatic rings. The van der Waals surface area contributed by atoms with Crippen LogP contribution in [0.5, 0.6) is 0 Å². The highest BCUT2D eigenvalue weighted by Crippen LogP contribution is 2.29. The summed E-state index contributed by atoms with van der Waals surface area (Å²) in [4.78, 5) is 35.5. The lowest BCUT2D eigenvalue weighted by atomic mass is 9.90. The van der Waals surface area contributed by atoms with Crippen molar-refractivity contribution in [1.82, 2.24) is 4.90 Å². The third-order valence-corrected chi connectivity index (χ3v) is 2.41. The second-order valence-corrected chi connectivity index (χ2v) is 4.95. The lowest BCUT2D eigenvalue weighted by molar-refractivity contribution is -0.169. The SMILES string of the molecule is COC(=O)[C@@H]1[C@H](C)C(=O)N1C(=O)OC(C)(C)C. The number of likely N-dealkylation sites (tertiary alicyclic amines) is 1. The van der Waals surface area contributed by atoms with E-state index < -0.39 is 35.5 Å². The number of rotatable bonds is 1. The first-order chi connectivity index (χ1) is 7.69. The fourth-order valence-corrected chi connectivity index (χ4v) is 1.58. The monoisotopic (exact) mass is 243 g/mol. The molecule has 0 N–H and O–H groups in total. The van der Waals surface area contributed by atoms with Crippen molar-refractivity contribution in [2.45, 2.75) is 39.3 Å². The molecular weight excluding hydrogens is 226 g/mol. The smallest absolute Gasteiger partial charge is 0.417 e. The molecule has 0 bridgehead atoms. The van der Waals surface area contributed by atoms with Crippen LogP contribution in [0.1, 0.15) is 27.7 Å². The molecular formula is C11H17NO5. The number of ether oxygens (including phenoxy) is 2. The molecule has 0 unspecified atom stereocenters. The quantitative estimate of drug-likeness (QED) is 0.506. The topological polar surface area (TPSA) is 72.9 Å². The van der Waals surface area contributed by atoms with Gasteiger partial charge in [-0.25, -0.2) is 14.5 Å². The van der Waals surface area contributed by atoms with Crippen LogP contribution in [0.15, 0.2) is 0 Å². The number of carbonyl (C=O) groups is 3. The fourth-order valence-electron chi connectivity index (χ4n) is 1.58. The summed E-state index contributed by atoms with van der Waals surface area (Å²) in [5, 5.41) is 0. The van der Waals surface area contributed by atoms with Gasteiger partial charge in [-0.15, -0.1) is 0 Å². The number of β-lactam (4-membered cyclic amide) rings is 1. The number of esters is 1. The number of amides is 2. The maximum atomic E-state index is 11.7. The van der Waals surface area contributed by atoms with Gasteiger partial charge in [-0.3, -0.25) is 4.79 Å². The molecule has 0 radical (unpaired) electrons. The third kappa shape index (κ3) is 2.57. The molecule has 0 spiro atoms. The van der Waals surface area contributed by atoms with Crippen LogP contribution in [0.2, 0.25) is 0 Å². The second-order valence-electron chi connectivity index (χ2n) is 4.95. The van der Waals surface area contributed by atoms with Crippen molar-refractivity contribution in [3.8, 4) is 0 Å². The largest absolute Gasteiger partial charge is 0.467 e. The maximum Gasteiger partial charge on any atom is 0.417 e. The predicted molar refractivity (Wildman–Crippen MR) is 58.0 cm³/mol. The van der Waals surface area contributed by atoms with Gasteiger partial charge in [0.05, 0.1) is 13.0 Å². The number of nitrogens with zero attached hydrogens (tertiary/aromatic N) is 1. The van der Waals surface area contributed by atoms with E-state index in [0.29, 0.717) is 0 Å². The Morgan fingerprint density at radius 3 is 2.24 bits per heavy atom. The van der Waals surface area contributed by atoms with E-state index in [1.165, 1.54) is 7.11 Å². The Kier molecular flexibility index (Phi) is 3.45. The minimum Gasteiger partial charge on any atom is -0.467 e. The molecule has 0 aromatic heterocycles. The Bertz CT molecular complexity index is 357. The van der Waals surface area contributed by atoms with Crippen LogP contribution in [0, 0.1) is 5.92 Å². The maximum absolute atomic E-state index is 11.7. The average molecular weight is 243 g/mol. The molecule has 6 heteroatoms. The summed E-state index contributed by atoms with van der Waals surface area (Å²) in [5.41, 5.74) is -0.711. The van der Waals surface area contributed by atoms with Gasteiger partial charge in [0.1, 0.15) is 5.60 Å². The van der Waals surface area contributed by atoms with Crippen LogP contribution in [-0.4, -0.2) is 41.6 Å². The van der Waals surface area contributed by atoms with Crippen LogP contribution in [0.4, 0.5) is 4.79 Å². The Hall–Kier alpha value is -1.59. The summed E-state index contributed by atoms with van der Waals surface area (Å²) in [7, 11) is 1.21. The fraction of sp³-hybridized carbons (Fsp3) is 0.727. The first-order valence-electron chi connectivity index (χ1n) is 5.33. The van der Waals surface area contributed by atoms with Gasteiger partial charge >= 0.3 is 12.1 Å². The zero-order valence-corrected chi connectivity index (χ0v) is 10.6. The molecule has 0 aromatic carbocycles. The van der Waals surface area contributed by atoms with E-state index in [4.69, 9.17) is 4.74 Å². The first kappa shape index (κ1) is 13.5. The minimum absolute atomic E-state index is 0.422. The van der Waals surface area contributed by atoms with Crippen LogP contribution in [0.3, 0.4) is 0 Å².